The van der Waals surface area contributed by atoms with Crippen LogP contribution in [-0.4, -0.2) is 33.9 Å². The van der Waals surface area contributed by atoms with E-state index in [1.807, 2.05) is 13.8 Å². The number of hydrogen-bond acceptors (Lipinski definition) is 7. The van der Waals surface area contributed by atoms with E-state index in [1.165, 1.54) is 6.07 Å². The first-order chi connectivity index (χ1) is 15.7. The van der Waals surface area contributed by atoms with Crippen molar-refractivity contribution in [2.75, 3.05) is 0 Å². The number of allylic oxidation sites excluding steroid dienone is 2. The van der Waals surface area contributed by atoms with Gasteiger partial charge in [0.1, 0.15) is 23.2 Å². The summed E-state index contributed by atoms with van der Waals surface area (Å²) >= 11 is 6.14. The Kier molecular flexibility index (Phi) is 5.82. The lowest BCUT2D eigenvalue weighted by atomic mass is 9.85. The van der Waals surface area contributed by atoms with Crippen molar-refractivity contribution in [2.45, 2.75) is 26.4 Å². The third-order valence-electron chi connectivity index (χ3n) is 5.23. The molecule has 1 aromatic heterocycles. The number of aromatic hydroxyl groups is 2. The Hall–Kier alpha value is -3.84. The minimum atomic E-state index is -1.14. The second-order valence-corrected chi connectivity index (χ2v) is 8.23. The van der Waals surface area contributed by atoms with Gasteiger partial charge >= 0.3 is 5.97 Å². The monoisotopic (exact) mass is 466 g/mol. The number of phenolic OH excluding ortho intramolecular Hbond substituents is 2. The average molecular weight is 467 g/mol. The van der Waals surface area contributed by atoms with Crippen molar-refractivity contribution in [3.8, 4) is 11.5 Å². The van der Waals surface area contributed by atoms with Crippen LogP contribution in [0.4, 0.5) is 0 Å². The molecule has 2 aromatic carbocycles. The number of ether oxygens (including phenoxy) is 1. The number of benzene rings is 2. The molecule has 1 aliphatic rings. The van der Waals surface area contributed by atoms with E-state index in [0.717, 1.165) is 23.8 Å². The van der Waals surface area contributed by atoms with Gasteiger partial charge in [-0.25, -0.2) is 4.79 Å². The van der Waals surface area contributed by atoms with Crippen LogP contribution in [-0.2, 0) is 4.74 Å². The molecule has 3 aromatic rings. The number of phenols is 2. The van der Waals surface area contributed by atoms with Gasteiger partial charge in [0, 0.05) is 23.4 Å². The Morgan fingerprint density at radius 1 is 1.12 bits per heavy atom. The predicted molar refractivity (Wildman–Crippen MR) is 121 cm³/mol. The number of fused-ring (bicyclic) bond motifs is 2. The summed E-state index contributed by atoms with van der Waals surface area (Å²) in [4.78, 5) is 38.7. The maximum atomic E-state index is 13.2. The lowest BCUT2D eigenvalue weighted by Crippen LogP contribution is -2.29. The molecule has 1 atom stereocenters. The van der Waals surface area contributed by atoms with E-state index >= 15 is 0 Å². The summed E-state index contributed by atoms with van der Waals surface area (Å²) in [5.74, 6) is -3.23. The third-order valence-corrected chi connectivity index (χ3v) is 5.56. The molecule has 0 unspecified atom stereocenters. The van der Waals surface area contributed by atoms with Crippen LogP contribution in [0.15, 0.2) is 64.1 Å². The van der Waals surface area contributed by atoms with Crippen molar-refractivity contribution < 1.29 is 33.8 Å². The van der Waals surface area contributed by atoms with Crippen LogP contribution < -0.4 is 0 Å². The summed E-state index contributed by atoms with van der Waals surface area (Å²) in [6.45, 7) is 3.67. The van der Waals surface area contributed by atoms with E-state index in [4.69, 9.17) is 20.8 Å². The summed E-state index contributed by atoms with van der Waals surface area (Å²) in [7, 11) is 0. The number of Topliss-reactive ketones (excluding diaryl/α,β-unsaturated/α-hetero) is 1. The van der Waals surface area contributed by atoms with E-state index in [1.54, 1.807) is 24.3 Å². The van der Waals surface area contributed by atoms with Crippen LogP contribution in [0.1, 0.15) is 51.5 Å². The van der Waals surface area contributed by atoms with Gasteiger partial charge in [-0.3, -0.25) is 9.59 Å². The molecule has 168 valence electrons. The van der Waals surface area contributed by atoms with Gasteiger partial charge < -0.3 is 19.4 Å². The second kappa shape index (κ2) is 8.60. The molecule has 7 nitrogen and oxygen atoms in total. The number of carbonyl (C=O) groups excluding carboxylic acids is 3. The van der Waals surface area contributed by atoms with E-state index in [9.17, 15) is 24.6 Å². The van der Waals surface area contributed by atoms with Crippen molar-refractivity contribution in [3.05, 3.63) is 81.6 Å². The van der Waals surface area contributed by atoms with Crippen LogP contribution in [0.3, 0.4) is 0 Å². The van der Waals surface area contributed by atoms with Gasteiger partial charge in [0.05, 0.1) is 16.1 Å². The lowest BCUT2D eigenvalue weighted by molar-refractivity contribution is 0.0339. The number of rotatable bonds is 5. The number of hydrogen-bond donors (Lipinski definition) is 2. The van der Waals surface area contributed by atoms with Gasteiger partial charge in [-0.1, -0.05) is 29.3 Å². The maximum absolute atomic E-state index is 13.2. The van der Waals surface area contributed by atoms with Crippen LogP contribution in [0.2, 0.25) is 5.02 Å². The maximum Gasteiger partial charge on any atom is 0.374 e. The minimum absolute atomic E-state index is 0.106. The van der Waals surface area contributed by atoms with Gasteiger partial charge in [-0.05, 0) is 44.2 Å². The Morgan fingerprint density at radius 3 is 2.48 bits per heavy atom. The number of esters is 1. The molecule has 33 heavy (non-hydrogen) atoms. The van der Waals surface area contributed by atoms with Gasteiger partial charge in [-0.2, -0.15) is 0 Å². The molecule has 8 heteroatoms. The van der Waals surface area contributed by atoms with Crippen LogP contribution >= 0.6 is 11.6 Å². The Labute approximate surface area is 193 Å². The van der Waals surface area contributed by atoms with Crippen LogP contribution in [0.5, 0.6) is 11.5 Å². The zero-order valence-corrected chi connectivity index (χ0v) is 18.5. The van der Waals surface area contributed by atoms with E-state index in [-0.39, 0.29) is 28.9 Å². The highest BCUT2D eigenvalue weighted by molar-refractivity contribution is 6.35. The largest absolute Gasteiger partial charge is 0.507 e. The molecule has 0 saturated heterocycles. The fourth-order valence-corrected chi connectivity index (χ4v) is 3.84. The molecule has 0 fully saturated rings. The Bertz CT molecular complexity index is 1370. The Morgan fingerprint density at radius 2 is 1.82 bits per heavy atom. The molecule has 2 N–H and O–H groups in total. The number of carbonyl (C=O) groups is 3. The quantitative estimate of drug-likeness (QED) is 0.294. The molecule has 4 rings (SSSR count). The second-order valence-electron chi connectivity index (χ2n) is 7.82. The highest BCUT2D eigenvalue weighted by atomic mass is 35.5. The summed E-state index contributed by atoms with van der Waals surface area (Å²) in [6, 6.07) is 8.68. The molecule has 0 spiro atoms. The molecule has 0 amide bonds. The van der Waals surface area contributed by atoms with E-state index in [0.29, 0.717) is 16.0 Å². The summed E-state index contributed by atoms with van der Waals surface area (Å²) in [5, 5.41) is 21.2. The molecule has 0 bridgehead atoms. The first kappa shape index (κ1) is 22.4. The van der Waals surface area contributed by atoms with Crippen LogP contribution in [0.25, 0.3) is 11.0 Å². The highest BCUT2D eigenvalue weighted by Crippen LogP contribution is 2.36. The molecule has 0 saturated carbocycles. The van der Waals surface area contributed by atoms with Crippen molar-refractivity contribution in [3.63, 3.8) is 0 Å². The molecular weight excluding hydrogens is 448 g/mol. The van der Waals surface area contributed by atoms with Crippen LogP contribution in [0, 0.1) is 0 Å². The summed E-state index contributed by atoms with van der Waals surface area (Å²) in [6.07, 6.45) is 1.75. The number of halogens is 1. The lowest BCUT2D eigenvalue weighted by Gasteiger charge is -2.23. The fourth-order valence-electron chi connectivity index (χ4n) is 3.62. The van der Waals surface area contributed by atoms with E-state index < -0.39 is 35.1 Å². The molecular formula is C25H19ClO7. The number of ketones is 2. The minimum Gasteiger partial charge on any atom is -0.507 e. The third kappa shape index (κ3) is 4.15. The smallest absolute Gasteiger partial charge is 0.374 e. The van der Waals surface area contributed by atoms with E-state index in [2.05, 4.69) is 0 Å². The van der Waals surface area contributed by atoms with Gasteiger partial charge in [-0.15, -0.1) is 0 Å². The highest BCUT2D eigenvalue weighted by Gasteiger charge is 2.36. The predicted octanol–water partition coefficient (Wildman–Crippen LogP) is 5.38. The normalized spacial score (nSPS) is 14.0. The standard InChI is InChI=1S/C25H19ClO7/c1-12(2)6-9-20(33-25(31)21-11-13-15(26)4-3-5-19(13)32-21)14-10-18(29)22-16(27)7-8-17(28)23(22)24(14)30/h3-8,10-11,20,27-28H,9H2,1-2H3/t20-/m1/s1. The fraction of sp³-hybridized carbons (Fsp3) is 0.160. The Balaban J connectivity index is 1.72. The SMILES string of the molecule is CC(C)=CC[C@@H](OC(=O)c1cc2c(Cl)cccc2o1)C1=CC(=O)c2c(O)ccc(O)c2C1=O. The molecule has 1 heterocycles. The topological polar surface area (TPSA) is 114 Å². The first-order valence-electron chi connectivity index (χ1n) is 10.0. The van der Waals surface area contributed by atoms with Crippen molar-refractivity contribution >= 4 is 40.1 Å². The number of furan rings is 1. The van der Waals surface area contributed by atoms with Crippen molar-refractivity contribution in [2.24, 2.45) is 0 Å². The van der Waals surface area contributed by atoms with Crippen molar-refractivity contribution in [1.29, 1.82) is 0 Å². The zero-order valence-electron chi connectivity index (χ0n) is 17.7. The molecule has 0 radical (unpaired) electrons. The first-order valence-corrected chi connectivity index (χ1v) is 10.4. The zero-order chi connectivity index (χ0) is 23.9. The van der Waals surface area contributed by atoms with Crippen molar-refractivity contribution in [1.82, 2.24) is 0 Å². The molecule has 0 aliphatic heterocycles. The van der Waals surface area contributed by atoms with Gasteiger partial charge in [0.2, 0.25) is 5.76 Å². The summed E-state index contributed by atoms with van der Waals surface area (Å²) < 4.78 is 11.1. The van der Waals surface area contributed by atoms with Gasteiger partial charge in [0.25, 0.3) is 0 Å². The molecule has 1 aliphatic carbocycles. The average Bonchev–Trinajstić information content (AvgIpc) is 3.21. The van der Waals surface area contributed by atoms with Gasteiger partial charge in [0.15, 0.2) is 11.6 Å². The summed E-state index contributed by atoms with van der Waals surface area (Å²) in [5.41, 5.74) is 0.568.